The van der Waals surface area contributed by atoms with Crippen molar-refractivity contribution < 1.29 is 32.3 Å². The highest BCUT2D eigenvalue weighted by atomic mass is 19.4. The van der Waals surface area contributed by atoms with Crippen molar-refractivity contribution in [1.82, 2.24) is 14.5 Å². The van der Waals surface area contributed by atoms with Gasteiger partial charge in [0, 0.05) is 13.1 Å². The normalized spacial score (nSPS) is 17.4. The Morgan fingerprint density at radius 3 is 2.41 bits per heavy atom. The second kappa shape index (κ2) is 8.25. The van der Waals surface area contributed by atoms with Crippen molar-refractivity contribution in [3.63, 3.8) is 0 Å². The Hall–Kier alpha value is -3.43. The van der Waals surface area contributed by atoms with Crippen LogP contribution in [0.15, 0.2) is 42.5 Å². The molecule has 10 heteroatoms. The zero-order chi connectivity index (χ0) is 23.0. The number of likely N-dealkylation sites (tertiary alicyclic amines) is 1. The number of carboxylic acid groups (broad SMARTS) is 1. The van der Waals surface area contributed by atoms with E-state index in [-0.39, 0.29) is 23.3 Å². The van der Waals surface area contributed by atoms with Crippen molar-refractivity contribution >= 4 is 17.4 Å². The molecule has 1 aromatic carbocycles. The number of pyridine rings is 1. The summed E-state index contributed by atoms with van der Waals surface area (Å²) in [6.45, 7) is 0.290. The lowest BCUT2D eigenvalue weighted by atomic mass is 10.0. The van der Waals surface area contributed by atoms with Crippen molar-refractivity contribution in [3.05, 3.63) is 59.7 Å². The predicted molar refractivity (Wildman–Crippen MR) is 106 cm³/mol. The Morgan fingerprint density at radius 1 is 1.03 bits per heavy atom. The number of alkyl halides is 3. The average molecular weight is 449 g/mol. The highest BCUT2D eigenvalue weighted by molar-refractivity contribution is 5.94. The molecule has 1 atom stereocenters. The van der Waals surface area contributed by atoms with Crippen LogP contribution in [-0.2, 0) is 11.0 Å². The van der Waals surface area contributed by atoms with Crippen LogP contribution in [0.5, 0.6) is 0 Å². The fourth-order valence-electron chi connectivity index (χ4n) is 3.91. The summed E-state index contributed by atoms with van der Waals surface area (Å²) in [5.74, 6) is -2.86. The largest absolute Gasteiger partial charge is 0.481 e. The maximum absolute atomic E-state index is 13.8. The number of carboxylic acids is 1. The molecule has 32 heavy (non-hydrogen) atoms. The van der Waals surface area contributed by atoms with Crippen LogP contribution < -0.4 is 0 Å². The van der Waals surface area contributed by atoms with Gasteiger partial charge in [0.2, 0.25) is 0 Å². The van der Waals surface area contributed by atoms with Crippen LogP contribution in [0.25, 0.3) is 16.6 Å². The van der Waals surface area contributed by atoms with Gasteiger partial charge in [-0.2, -0.15) is 18.3 Å². The molecule has 1 aliphatic heterocycles. The molecule has 0 bridgehead atoms. The number of carbonyl (C=O) groups is 2. The number of aliphatic carboxylic acids is 1. The molecule has 0 spiro atoms. The molecule has 6 nitrogen and oxygen atoms in total. The average Bonchev–Trinajstić information content (AvgIpc) is 3.00. The van der Waals surface area contributed by atoms with Crippen LogP contribution in [0.3, 0.4) is 0 Å². The lowest BCUT2D eigenvalue weighted by Gasteiger charge is -2.21. The molecule has 0 radical (unpaired) electrons. The molecule has 3 aromatic rings. The minimum atomic E-state index is -4.75. The van der Waals surface area contributed by atoms with Gasteiger partial charge in [0.15, 0.2) is 5.69 Å². The van der Waals surface area contributed by atoms with Crippen LogP contribution in [-0.4, -0.2) is 44.6 Å². The number of amides is 1. The van der Waals surface area contributed by atoms with Gasteiger partial charge in [0.25, 0.3) is 5.91 Å². The van der Waals surface area contributed by atoms with Crippen LogP contribution in [0.4, 0.5) is 17.6 Å². The van der Waals surface area contributed by atoms with Crippen molar-refractivity contribution in [3.8, 4) is 11.1 Å². The van der Waals surface area contributed by atoms with Gasteiger partial charge in [-0.1, -0.05) is 18.6 Å². The molecular weight excluding hydrogens is 430 g/mol. The minimum absolute atomic E-state index is 0.0189. The highest BCUT2D eigenvalue weighted by Gasteiger charge is 2.36. The fourth-order valence-corrected chi connectivity index (χ4v) is 3.91. The van der Waals surface area contributed by atoms with Crippen molar-refractivity contribution in [1.29, 1.82) is 0 Å². The van der Waals surface area contributed by atoms with Crippen molar-refractivity contribution in [2.45, 2.75) is 25.4 Å². The van der Waals surface area contributed by atoms with E-state index in [9.17, 15) is 32.3 Å². The molecule has 2 aromatic heterocycles. The zero-order valence-corrected chi connectivity index (χ0v) is 16.8. The standard InChI is InChI=1S/C22H19F4N3O3/c23-16-6-4-13(5-7-16)15-9-17-11-18(27-29(17)19(10-15)22(24,25)26)20(30)28-8-2-1-3-14(12-28)21(31)32/h4-7,9-11,14H,1-3,8,12H2,(H,31,32). The Balaban J connectivity index is 1.76. The molecule has 168 valence electrons. The van der Waals surface area contributed by atoms with E-state index in [2.05, 4.69) is 5.10 Å². The second-order valence-corrected chi connectivity index (χ2v) is 7.78. The smallest absolute Gasteiger partial charge is 0.433 e. The minimum Gasteiger partial charge on any atom is -0.481 e. The quantitative estimate of drug-likeness (QED) is 0.598. The third-order valence-electron chi connectivity index (χ3n) is 5.56. The first-order chi connectivity index (χ1) is 15.1. The molecule has 1 unspecified atom stereocenters. The van der Waals surface area contributed by atoms with Gasteiger partial charge in [-0.15, -0.1) is 0 Å². The van der Waals surface area contributed by atoms with Crippen LogP contribution in [0.1, 0.15) is 35.4 Å². The third-order valence-corrected chi connectivity index (χ3v) is 5.56. The number of rotatable bonds is 3. The number of hydrogen-bond acceptors (Lipinski definition) is 3. The second-order valence-electron chi connectivity index (χ2n) is 7.78. The van der Waals surface area contributed by atoms with E-state index in [1.54, 1.807) is 0 Å². The summed E-state index contributed by atoms with van der Waals surface area (Å²) in [7, 11) is 0. The summed E-state index contributed by atoms with van der Waals surface area (Å²) < 4.78 is 55.2. The van der Waals surface area contributed by atoms with Gasteiger partial charge in [-0.25, -0.2) is 8.91 Å². The molecule has 1 aliphatic rings. The number of fused-ring (bicyclic) bond motifs is 1. The van der Waals surface area contributed by atoms with Gasteiger partial charge < -0.3 is 10.0 Å². The lowest BCUT2D eigenvalue weighted by molar-refractivity contribution is -0.143. The van der Waals surface area contributed by atoms with E-state index in [0.29, 0.717) is 35.9 Å². The van der Waals surface area contributed by atoms with Gasteiger partial charge in [0.05, 0.1) is 11.4 Å². The van der Waals surface area contributed by atoms with Crippen molar-refractivity contribution in [2.75, 3.05) is 13.1 Å². The number of carbonyl (C=O) groups excluding carboxylic acids is 1. The number of halogens is 4. The van der Waals surface area contributed by atoms with E-state index in [1.807, 2.05) is 0 Å². The molecule has 4 rings (SSSR count). The summed E-state index contributed by atoms with van der Waals surface area (Å²) in [6.07, 6.45) is -3.07. The van der Waals surface area contributed by atoms with Crippen LogP contribution in [0, 0.1) is 11.7 Å². The first-order valence-electron chi connectivity index (χ1n) is 10.0. The number of hydrogen-bond donors (Lipinski definition) is 1. The van der Waals surface area contributed by atoms with E-state index in [4.69, 9.17) is 0 Å². The number of nitrogens with zero attached hydrogens (tertiary/aromatic N) is 3. The predicted octanol–water partition coefficient (Wildman–Crippen LogP) is 4.49. The molecule has 1 saturated heterocycles. The third kappa shape index (κ3) is 4.30. The lowest BCUT2D eigenvalue weighted by Crippen LogP contribution is -2.37. The summed E-state index contributed by atoms with van der Waals surface area (Å²) in [4.78, 5) is 25.7. The molecule has 1 fully saturated rings. The Kier molecular flexibility index (Phi) is 5.62. The van der Waals surface area contributed by atoms with Gasteiger partial charge >= 0.3 is 12.1 Å². The molecule has 0 saturated carbocycles. The van der Waals surface area contributed by atoms with Gasteiger partial charge in [-0.05, 0) is 54.3 Å². The monoisotopic (exact) mass is 449 g/mol. The Morgan fingerprint density at radius 2 is 1.75 bits per heavy atom. The van der Waals surface area contributed by atoms with E-state index >= 15 is 0 Å². The fraction of sp³-hybridized carbons (Fsp3) is 0.318. The molecule has 0 aliphatic carbocycles. The first kappa shape index (κ1) is 21.8. The molecule has 1 amide bonds. The summed E-state index contributed by atoms with van der Waals surface area (Å²) in [5.41, 5.74) is -0.646. The summed E-state index contributed by atoms with van der Waals surface area (Å²) in [5, 5.41) is 13.2. The van der Waals surface area contributed by atoms with Crippen LogP contribution in [0.2, 0.25) is 0 Å². The summed E-state index contributed by atoms with van der Waals surface area (Å²) in [6, 6.07) is 8.63. The van der Waals surface area contributed by atoms with Gasteiger partial charge in [-0.3, -0.25) is 9.59 Å². The van der Waals surface area contributed by atoms with E-state index < -0.39 is 35.5 Å². The molecule has 3 heterocycles. The number of aromatic nitrogens is 2. The maximum Gasteiger partial charge on any atom is 0.433 e. The topological polar surface area (TPSA) is 74.9 Å². The Bertz CT molecular complexity index is 1170. The van der Waals surface area contributed by atoms with Gasteiger partial charge in [0.1, 0.15) is 11.5 Å². The first-order valence-corrected chi connectivity index (χ1v) is 10.0. The van der Waals surface area contributed by atoms with E-state index in [1.165, 1.54) is 29.2 Å². The van der Waals surface area contributed by atoms with E-state index in [0.717, 1.165) is 18.2 Å². The number of benzene rings is 1. The highest BCUT2D eigenvalue weighted by Crippen LogP contribution is 2.34. The summed E-state index contributed by atoms with van der Waals surface area (Å²) >= 11 is 0. The molecular formula is C22H19F4N3O3. The van der Waals surface area contributed by atoms with Crippen molar-refractivity contribution in [2.24, 2.45) is 5.92 Å². The maximum atomic E-state index is 13.8. The SMILES string of the molecule is O=C(O)C1CCCCN(C(=O)c2cc3cc(-c4ccc(F)cc4)cc(C(F)(F)F)n3n2)C1. The van der Waals surface area contributed by atoms with Crippen LogP contribution >= 0.6 is 0 Å². The molecule has 1 N–H and O–H groups in total. The zero-order valence-electron chi connectivity index (χ0n) is 16.8. The Labute approximate surface area is 180 Å².